The van der Waals surface area contributed by atoms with Crippen molar-refractivity contribution in [3.05, 3.63) is 34.2 Å². The summed E-state index contributed by atoms with van der Waals surface area (Å²) < 4.78 is 0. The van der Waals surface area contributed by atoms with Crippen LogP contribution in [0.5, 0.6) is 11.5 Å². The van der Waals surface area contributed by atoms with E-state index in [0.29, 0.717) is 12.5 Å². The van der Waals surface area contributed by atoms with Crippen LogP contribution in [-0.4, -0.2) is 22.5 Å². The number of benzene rings is 1. The minimum absolute atomic E-state index is 0.0486. The molecule has 0 saturated carbocycles. The van der Waals surface area contributed by atoms with E-state index < -0.39 is 0 Å². The van der Waals surface area contributed by atoms with Gasteiger partial charge in [-0.05, 0) is 36.9 Å². The maximum Gasteiger partial charge on any atom is 0.163 e. The third-order valence-electron chi connectivity index (χ3n) is 2.23. The molecule has 0 aromatic heterocycles. The van der Waals surface area contributed by atoms with Gasteiger partial charge < -0.3 is 10.2 Å². The summed E-state index contributed by atoms with van der Waals surface area (Å²) in [6, 6.07) is 3.88. The van der Waals surface area contributed by atoms with Crippen molar-refractivity contribution < 1.29 is 15.0 Å². The molecule has 0 spiro atoms. The highest BCUT2D eigenvalue weighted by Crippen LogP contribution is 2.22. The summed E-state index contributed by atoms with van der Waals surface area (Å²) >= 11 is 0. The molecule has 0 fully saturated rings. The lowest BCUT2D eigenvalue weighted by molar-refractivity contribution is 0.101. The Labute approximate surface area is 112 Å². The lowest BCUT2D eigenvalue weighted by Gasteiger charge is -1.99. The Balaban J connectivity index is 0.000000362. The van der Waals surface area contributed by atoms with Gasteiger partial charge in [0.1, 0.15) is 11.5 Å². The number of carbonyl (C=O) groups excluding carboxylic acids is 1. The van der Waals surface area contributed by atoms with E-state index in [4.69, 9.17) is 15.7 Å². The number of phenols is 2. The van der Waals surface area contributed by atoms with Crippen molar-refractivity contribution >= 4 is 5.78 Å². The molecule has 2 N–H and O–H groups in total. The fourth-order valence-corrected chi connectivity index (χ4v) is 1.18. The number of carbonyl (C=O) groups is 1. The maximum atomic E-state index is 10.7. The van der Waals surface area contributed by atoms with Gasteiger partial charge in [-0.2, -0.15) is 0 Å². The average Bonchev–Trinajstić information content (AvgIpc) is 2.29. The molecule has 0 unspecified atom stereocenters. The van der Waals surface area contributed by atoms with Crippen LogP contribution in [0.1, 0.15) is 37.6 Å². The van der Waals surface area contributed by atoms with Gasteiger partial charge in [-0.1, -0.05) is 19.0 Å². The van der Waals surface area contributed by atoms with Crippen LogP contribution in [0.3, 0.4) is 0 Å². The van der Waals surface area contributed by atoms with Gasteiger partial charge in [-0.25, -0.2) is 0 Å². The van der Waals surface area contributed by atoms with Gasteiger partial charge in [-0.3, -0.25) is 4.79 Å². The van der Waals surface area contributed by atoms with Crippen molar-refractivity contribution in [1.29, 1.82) is 0 Å². The van der Waals surface area contributed by atoms with Gasteiger partial charge in [0.05, 0.1) is 5.56 Å². The molecule has 0 aliphatic rings. The number of hydrogen-bond acceptors (Lipinski definition) is 4. The molecule has 6 heteroatoms. The van der Waals surface area contributed by atoms with E-state index in [-0.39, 0.29) is 22.8 Å². The Kier molecular flexibility index (Phi) is 7.81. The Bertz CT molecular complexity index is 466. The molecular formula is C13H19N3O3. The van der Waals surface area contributed by atoms with Crippen LogP contribution >= 0.6 is 0 Å². The van der Waals surface area contributed by atoms with Crippen LogP contribution in [0.25, 0.3) is 10.4 Å². The molecular weight excluding hydrogens is 246 g/mol. The fourth-order valence-electron chi connectivity index (χ4n) is 1.18. The summed E-state index contributed by atoms with van der Waals surface area (Å²) in [5, 5.41) is 21.3. The van der Waals surface area contributed by atoms with Crippen LogP contribution < -0.4 is 0 Å². The zero-order valence-corrected chi connectivity index (χ0v) is 11.4. The quantitative estimate of drug-likeness (QED) is 0.375. The van der Waals surface area contributed by atoms with E-state index in [1.807, 2.05) is 0 Å². The van der Waals surface area contributed by atoms with Crippen LogP contribution in [0.4, 0.5) is 0 Å². The predicted molar refractivity (Wildman–Crippen MR) is 73.2 cm³/mol. The van der Waals surface area contributed by atoms with Crippen molar-refractivity contribution in [2.24, 2.45) is 11.0 Å². The van der Waals surface area contributed by atoms with Crippen LogP contribution in [0.15, 0.2) is 23.3 Å². The normalized spacial score (nSPS) is 9.26. The number of Topliss-reactive ketones (excluding diaryl/α,β-unsaturated/α-hetero) is 1. The van der Waals surface area contributed by atoms with Gasteiger partial charge in [-0.15, -0.1) is 0 Å². The predicted octanol–water partition coefficient (Wildman–Crippen LogP) is 3.64. The van der Waals surface area contributed by atoms with Crippen LogP contribution in [0.2, 0.25) is 0 Å². The highest BCUT2D eigenvalue weighted by molar-refractivity contribution is 5.96. The summed E-state index contributed by atoms with van der Waals surface area (Å²) in [4.78, 5) is 13.4. The first-order chi connectivity index (χ1) is 8.88. The Morgan fingerprint density at radius 3 is 2.47 bits per heavy atom. The van der Waals surface area contributed by atoms with E-state index in [9.17, 15) is 4.79 Å². The number of ketones is 1. The Morgan fingerprint density at radius 2 is 2.05 bits per heavy atom. The van der Waals surface area contributed by atoms with Crippen molar-refractivity contribution in [3.8, 4) is 11.5 Å². The van der Waals surface area contributed by atoms with E-state index >= 15 is 0 Å². The number of aromatic hydroxyl groups is 2. The molecule has 0 radical (unpaired) electrons. The number of azide groups is 1. The van der Waals surface area contributed by atoms with Gasteiger partial charge in [0.25, 0.3) is 0 Å². The van der Waals surface area contributed by atoms with Gasteiger partial charge in [0.2, 0.25) is 0 Å². The molecule has 0 bridgehead atoms. The van der Waals surface area contributed by atoms with E-state index in [2.05, 4.69) is 23.9 Å². The summed E-state index contributed by atoms with van der Waals surface area (Å²) in [6.07, 6.45) is 0.990. The highest BCUT2D eigenvalue weighted by atomic mass is 16.3. The first kappa shape index (κ1) is 16.8. The number of hydrogen-bond donors (Lipinski definition) is 2. The van der Waals surface area contributed by atoms with Gasteiger partial charge in [0.15, 0.2) is 5.78 Å². The molecule has 6 nitrogen and oxygen atoms in total. The molecule has 104 valence electrons. The van der Waals surface area contributed by atoms with Gasteiger partial charge in [0, 0.05) is 17.5 Å². The summed E-state index contributed by atoms with van der Waals surface area (Å²) in [7, 11) is 0. The minimum atomic E-state index is -0.220. The van der Waals surface area contributed by atoms with Crippen molar-refractivity contribution in [1.82, 2.24) is 0 Å². The molecule has 0 aliphatic heterocycles. The number of phenolic OH excluding ortho intramolecular Hbond substituents is 2. The molecule has 0 aliphatic carbocycles. The topological polar surface area (TPSA) is 106 Å². The van der Waals surface area contributed by atoms with E-state index in [1.165, 1.54) is 19.1 Å². The lowest BCUT2D eigenvalue weighted by atomic mass is 10.1. The molecule has 0 heterocycles. The highest BCUT2D eigenvalue weighted by Gasteiger charge is 2.05. The minimum Gasteiger partial charge on any atom is -0.508 e. The van der Waals surface area contributed by atoms with Crippen molar-refractivity contribution in [2.45, 2.75) is 27.2 Å². The molecule has 19 heavy (non-hydrogen) atoms. The summed E-state index contributed by atoms with van der Waals surface area (Å²) in [5.41, 5.74) is 8.06. The first-order valence-electron chi connectivity index (χ1n) is 5.92. The molecule has 0 amide bonds. The second-order valence-electron chi connectivity index (χ2n) is 4.39. The number of nitrogens with zero attached hydrogens (tertiary/aromatic N) is 3. The Morgan fingerprint density at radius 1 is 1.42 bits per heavy atom. The third-order valence-corrected chi connectivity index (χ3v) is 2.23. The molecule has 0 saturated heterocycles. The van der Waals surface area contributed by atoms with Gasteiger partial charge >= 0.3 is 0 Å². The molecule has 1 rings (SSSR count). The second kappa shape index (κ2) is 8.83. The SMILES string of the molecule is CC(=O)c1ccc(O)cc1O.CC(C)CCN=[N+]=[N-]. The zero-order chi connectivity index (χ0) is 14.8. The summed E-state index contributed by atoms with van der Waals surface area (Å²) in [6.45, 7) is 6.19. The van der Waals surface area contributed by atoms with Crippen LogP contribution in [0, 0.1) is 5.92 Å². The molecule has 1 aromatic rings. The molecule has 1 aromatic carbocycles. The van der Waals surface area contributed by atoms with Crippen molar-refractivity contribution in [2.75, 3.05) is 6.54 Å². The van der Waals surface area contributed by atoms with E-state index in [0.717, 1.165) is 12.5 Å². The average molecular weight is 265 g/mol. The lowest BCUT2D eigenvalue weighted by Crippen LogP contribution is -1.91. The second-order valence-corrected chi connectivity index (χ2v) is 4.39. The van der Waals surface area contributed by atoms with Crippen LogP contribution in [-0.2, 0) is 0 Å². The van der Waals surface area contributed by atoms with E-state index in [1.54, 1.807) is 0 Å². The smallest absolute Gasteiger partial charge is 0.163 e. The first-order valence-corrected chi connectivity index (χ1v) is 5.92. The summed E-state index contributed by atoms with van der Waals surface area (Å²) in [5.74, 6) is 0.188. The fraction of sp³-hybridized carbons (Fsp3) is 0.462. The zero-order valence-electron chi connectivity index (χ0n) is 11.4. The monoisotopic (exact) mass is 265 g/mol. The standard InChI is InChI=1S/C8H8O3.C5H11N3/c1-5(9)7-3-2-6(10)4-8(7)11;1-5(2)3-4-7-8-6/h2-4,10-11H,1H3;5H,3-4H2,1-2H3. The third kappa shape index (κ3) is 7.68. The maximum absolute atomic E-state index is 10.7. The molecule has 0 atom stereocenters. The largest absolute Gasteiger partial charge is 0.508 e. The Hall–Kier alpha value is -2.20. The van der Waals surface area contributed by atoms with Crippen molar-refractivity contribution in [3.63, 3.8) is 0 Å². The number of rotatable bonds is 4.